The van der Waals surface area contributed by atoms with Gasteiger partial charge in [-0.25, -0.2) is 0 Å². The van der Waals surface area contributed by atoms with Crippen LogP contribution >= 0.6 is 0 Å². The summed E-state index contributed by atoms with van der Waals surface area (Å²) in [5.74, 6) is 0. The molecule has 0 aliphatic rings. The van der Waals surface area contributed by atoms with E-state index in [-0.39, 0.29) is 49.1 Å². The molecule has 2 N–H and O–H groups in total. The number of aliphatic hydroxyl groups is 1. The Hall–Kier alpha value is -0.0400. The van der Waals surface area contributed by atoms with Crippen LogP contribution in [0.5, 0.6) is 0 Å². The van der Waals surface area contributed by atoms with Crippen LogP contribution in [-0.4, -0.2) is 39.0 Å². The summed E-state index contributed by atoms with van der Waals surface area (Å²) >= 11 is 0. The summed E-state index contributed by atoms with van der Waals surface area (Å²) in [5.41, 5.74) is -0.475. The summed E-state index contributed by atoms with van der Waals surface area (Å²) < 4.78 is 0. The van der Waals surface area contributed by atoms with Crippen LogP contribution in [0.3, 0.4) is 0 Å². The molecule has 0 aromatic carbocycles. The summed E-state index contributed by atoms with van der Waals surface area (Å²) in [4.78, 5) is 0.0657. The van der Waals surface area contributed by atoms with Gasteiger partial charge in [0.25, 0.3) is 0 Å². The van der Waals surface area contributed by atoms with Crippen LogP contribution < -0.4 is 29.6 Å². The number of rotatable bonds is 3. The molecule has 0 rings (SSSR count). The zero-order valence-electron chi connectivity index (χ0n) is 9.56. The Kier molecular flexibility index (Phi) is 7.62. The first-order valence-electron chi connectivity index (χ1n) is 3.64. The summed E-state index contributed by atoms with van der Waals surface area (Å²) in [7, 11) is 0. The van der Waals surface area contributed by atoms with Crippen molar-refractivity contribution in [3.05, 3.63) is 5.21 Å². The Morgan fingerprint density at radius 2 is 2.00 bits per heavy atom. The molecular weight excluding hydrogens is 185 g/mol. The predicted molar refractivity (Wildman–Crippen MR) is 42.5 cm³/mol. The minimum atomic E-state index is -0.475. The first-order valence-corrected chi connectivity index (χ1v) is 3.64. The van der Waals surface area contributed by atoms with E-state index in [2.05, 4.69) is 5.28 Å². The second kappa shape index (κ2) is 6.42. The van der Waals surface area contributed by atoms with Crippen LogP contribution in [0.25, 0.3) is 0 Å². The quantitative estimate of drug-likeness (QED) is 0.228. The van der Waals surface area contributed by atoms with E-state index >= 15 is 0 Å². The van der Waals surface area contributed by atoms with Gasteiger partial charge in [-0.05, 0) is 20.8 Å². The molecule has 0 fully saturated rings. The van der Waals surface area contributed by atoms with Gasteiger partial charge in [0, 0.05) is 0 Å². The fourth-order valence-electron chi connectivity index (χ4n) is 0.821. The van der Waals surface area contributed by atoms with Gasteiger partial charge in [0.15, 0.2) is 0 Å². The fourth-order valence-corrected chi connectivity index (χ4v) is 0.821. The molecule has 13 heavy (non-hydrogen) atoms. The molecule has 0 aliphatic carbocycles. The van der Waals surface area contributed by atoms with Gasteiger partial charge in [-0.1, -0.05) is 0 Å². The molecule has 6 nitrogen and oxygen atoms in total. The molecular formula is C6H16N3NaO3. The van der Waals surface area contributed by atoms with Gasteiger partial charge in [0.05, 0.1) is 17.1 Å². The van der Waals surface area contributed by atoms with E-state index in [9.17, 15) is 5.21 Å². The van der Waals surface area contributed by atoms with E-state index in [1.54, 1.807) is 20.8 Å². The van der Waals surface area contributed by atoms with Crippen molar-refractivity contribution < 1.29 is 46.3 Å². The summed E-state index contributed by atoms with van der Waals surface area (Å²) in [6, 6.07) is 0. The summed E-state index contributed by atoms with van der Waals surface area (Å²) in [6.45, 7) is 5.30. The maximum Gasteiger partial charge on any atom is 1.00 e. The standard InChI is InChI=1S/C6H15N3O3.Na.H/c1-6(2,3)8(4-5-10)9(12)7-11;;/h10-11H,4-5H2,1-3H3;;/q;+1;-1. The molecule has 0 atom stereocenters. The van der Waals surface area contributed by atoms with Gasteiger partial charge in [-0.3, -0.25) is 0 Å². The van der Waals surface area contributed by atoms with E-state index in [1.807, 2.05) is 0 Å². The van der Waals surface area contributed by atoms with Gasteiger partial charge in [0.1, 0.15) is 6.54 Å². The number of hydrogen-bond donors (Lipinski definition) is 2. The van der Waals surface area contributed by atoms with Gasteiger partial charge in [-0.2, -0.15) is 0 Å². The Morgan fingerprint density at radius 1 is 1.54 bits per heavy atom. The van der Waals surface area contributed by atoms with Crippen molar-refractivity contribution in [1.82, 2.24) is 5.01 Å². The Labute approximate surface area is 101 Å². The molecule has 0 bridgehead atoms. The van der Waals surface area contributed by atoms with Gasteiger partial charge in [-0.15, -0.1) is 5.01 Å². The maximum absolute atomic E-state index is 10.9. The van der Waals surface area contributed by atoms with Crippen molar-refractivity contribution in [2.45, 2.75) is 26.3 Å². The topological polar surface area (TPSA) is 82.1 Å². The molecule has 0 spiro atoms. The van der Waals surface area contributed by atoms with Crippen molar-refractivity contribution >= 4 is 0 Å². The largest absolute Gasteiger partial charge is 1.00 e. The van der Waals surface area contributed by atoms with Crippen LogP contribution in [0, 0.1) is 5.21 Å². The summed E-state index contributed by atoms with van der Waals surface area (Å²) in [6.07, 6.45) is 0. The Bertz CT molecular complexity index is 174. The van der Waals surface area contributed by atoms with Crippen LogP contribution in [0.1, 0.15) is 22.2 Å². The normalized spacial score (nSPS) is 12.2. The van der Waals surface area contributed by atoms with Crippen molar-refractivity contribution in [3.63, 3.8) is 0 Å². The number of β-amino-alcohol motifs (C(OH)–C–C–N with tert-alkyl or cyclic N) is 1. The van der Waals surface area contributed by atoms with Crippen molar-refractivity contribution in [2.75, 3.05) is 13.2 Å². The van der Waals surface area contributed by atoms with Crippen LogP contribution in [-0.2, 0) is 0 Å². The predicted octanol–water partition coefficient (Wildman–Crippen LogP) is -2.54. The fraction of sp³-hybridized carbons (Fsp3) is 1.00. The van der Waals surface area contributed by atoms with Gasteiger partial charge >= 0.3 is 29.6 Å². The first kappa shape index (κ1) is 15.4. The second-order valence-corrected chi connectivity index (χ2v) is 3.36. The zero-order chi connectivity index (χ0) is 9.78. The second-order valence-electron chi connectivity index (χ2n) is 3.36. The third-order valence-electron chi connectivity index (χ3n) is 1.37. The molecule has 0 aromatic heterocycles. The molecule has 0 aromatic rings. The smallest absolute Gasteiger partial charge is 1.00 e. The molecule has 0 amide bonds. The molecule has 0 radical (unpaired) electrons. The van der Waals surface area contributed by atoms with Crippen molar-refractivity contribution in [1.29, 1.82) is 0 Å². The van der Waals surface area contributed by atoms with Gasteiger partial charge < -0.3 is 16.9 Å². The molecule has 0 saturated heterocycles. The van der Waals surface area contributed by atoms with Crippen molar-refractivity contribution in [2.24, 2.45) is 5.28 Å². The van der Waals surface area contributed by atoms with Gasteiger partial charge in [0.2, 0.25) is 5.28 Å². The van der Waals surface area contributed by atoms with E-state index in [0.29, 0.717) is 0 Å². The Balaban J connectivity index is -0.000000605. The SMILES string of the molecule is CC(C)(C)N(CCO)[N+]([O-])=NO.[H-].[Na+]. The number of nitrogens with zero attached hydrogens (tertiary/aromatic N) is 3. The molecule has 0 saturated carbocycles. The first-order chi connectivity index (χ1) is 5.43. The Morgan fingerprint density at radius 3 is 2.23 bits per heavy atom. The van der Waals surface area contributed by atoms with E-state index in [0.717, 1.165) is 0 Å². The third-order valence-corrected chi connectivity index (χ3v) is 1.37. The number of hydrogen-bond acceptors (Lipinski definition) is 3. The minimum absolute atomic E-state index is 0. The number of aliphatic hydroxyl groups excluding tert-OH is 1. The average molecular weight is 201 g/mol. The molecule has 0 unspecified atom stereocenters. The van der Waals surface area contributed by atoms with Crippen LogP contribution in [0.2, 0.25) is 0 Å². The third kappa shape index (κ3) is 5.30. The number of hydrazine groups is 1. The molecule has 74 valence electrons. The molecule has 0 aliphatic heterocycles. The van der Waals surface area contributed by atoms with E-state index in [4.69, 9.17) is 10.3 Å². The van der Waals surface area contributed by atoms with Crippen molar-refractivity contribution in [3.8, 4) is 0 Å². The van der Waals surface area contributed by atoms with E-state index in [1.165, 1.54) is 5.01 Å². The maximum atomic E-state index is 10.9. The van der Waals surface area contributed by atoms with E-state index < -0.39 is 5.54 Å². The zero-order valence-corrected chi connectivity index (χ0v) is 10.6. The molecule has 0 heterocycles. The average Bonchev–Trinajstić information content (AvgIpc) is 1.96. The monoisotopic (exact) mass is 201 g/mol. The minimum Gasteiger partial charge on any atom is -1.00 e. The summed E-state index contributed by atoms with van der Waals surface area (Å²) in [5, 5.41) is 31.4. The van der Waals surface area contributed by atoms with Crippen LogP contribution in [0.4, 0.5) is 0 Å². The molecule has 7 heteroatoms. The van der Waals surface area contributed by atoms with Crippen LogP contribution in [0.15, 0.2) is 5.28 Å².